The maximum atomic E-state index is 12.3. The second kappa shape index (κ2) is 7.58. The number of hydrogen-bond donors (Lipinski definition) is 2. The number of nitrogens with two attached hydrogens (primary N) is 1. The van der Waals surface area contributed by atoms with E-state index in [-0.39, 0.29) is 11.4 Å². The highest BCUT2D eigenvalue weighted by Crippen LogP contribution is 2.26. The van der Waals surface area contributed by atoms with Crippen LogP contribution in [0.3, 0.4) is 0 Å². The molecule has 0 bridgehead atoms. The van der Waals surface area contributed by atoms with Gasteiger partial charge in [-0.2, -0.15) is 0 Å². The Morgan fingerprint density at radius 2 is 1.95 bits per heavy atom. The molecule has 3 N–H and O–H groups in total. The zero-order chi connectivity index (χ0) is 15.3. The first-order valence-electron chi connectivity index (χ1n) is 7.51. The van der Waals surface area contributed by atoms with Crippen molar-refractivity contribution in [3.05, 3.63) is 28.8 Å². The molecule has 6 heteroatoms. The van der Waals surface area contributed by atoms with Gasteiger partial charge in [0, 0.05) is 18.1 Å². The zero-order valence-corrected chi connectivity index (χ0v) is 13.7. The van der Waals surface area contributed by atoms with Crippen molar-refractivity contribution in [1.82, 2.24) is 4.72 Å². The van der Waals surface area contributed by atoms with Crippen molar-refractivity contribution in [2.24, 2.45) is 11.7 Å². The van der Waals surface area contributed by atoms with E-state index in [2.05, 4.69) is 4.72 Å². The van der Waals surface area contributed by atoms with Crippen LogP contribution in [0.4, 0.5) is 0 Å². The summed E-state index contributed by atoms with van der Waals surface area (Å²) in [4.78, 5) is 0.232. The second-order valence-electron chi connectivity index (χ2n) is 5.65. The molecule has 1 aliphatic carbocycles. The van der Waals surface area contributed by atoms with Gasteiger partial charge in [-0.05, 0) is 36.1 Å². The van der Waals surface area contributed by atoms with Gasteiger partial charge in [0.2, 0.25) is 10.0 Å². The van der Waals surface area contributed by atoms with Crippen LogP contribution in [0.1, 0.15) is 44.1 Å². The summed E-state index contributed by atoms with van der Waals surface area (Å²) in [5, 5.41) is 0.499. The van der Waals surface area contributed by atoms with Gasteiger partial charge in [0.1, 0.15) is 0 Å². The van der Waals surface area contributed by atoms with Gasteiger partial charge < -0.3 is 5.73 Å². The first-order valence-corrected chi connectivity index (χ1v) is 9.37. The minimum absolute atomic E-state index is 0.226. The number of sulfonamides is 1. The Labute approximate surface area is 132 Å². The highest BCUT2D eigenvalue weighted by molar-refractivity contribution is 7.89. The lowest BCUT2D eigenvalue weighted by Gasteiger charge is -2.21. The fraction of sp³-hybridized carbons (Fsp3) is 0.600. The van der Waals surface area contributed by atoms with Crippen molar-refractivity contribution in [3.63, 3.8) is 0 Å². The van der Waals surface area contributed by atoms with E-state index in [1.54, 1.807) is 12.1 Å². The Balaban J connectivity index is 1.94. The van der Waals surface area contributed by atoms with E-state index in [1.165, 1.54) is 38.2 Å². The van der Waals surface area contributed by atoms with Crippen LogP contribution in [0.2, 0.25) is 5.02 Å². The predicted molar refractivity (Wildman–Crippen MR) is 85.7 cm³/mol. The molecule has 1 aromatic carbocycles. The molecule has 0 unspecified atom stereocenters. The first-order chi connectivity index (χ1) is 10.0. The molecule has 2 rings (SSSR count). The summed E-state index contributed by atoms with van der Waals surface area (Å²) in [6, 6.07) is 4.65. The number of halogens is 1. The molecule has 0 spiro atoms. The van der Waals surface area contributed by atoms with E-state index in [1.807, 2.05) is 0 Å². The van der Waals surface area contributed by atoms with Crippen LogP contribution in [0.15, 0.2) is 23.1 Å². The van der Waals surface area contributed by atoms with Gasteiger partial charge in [-0.1, -0.05) is 43.7 Å². The topological polar surface area (TPSA) is 72.2 Å². The molecule has 0 heterocycles. The number of hydrogen-bond acceptors (Lipinski definition) is 3. The van der Waals surface area contributed by atoms with Crippen LogP contribution < -0.4 is 10.5 Å². The molecular formula is C15H23ClN2O2S. The molecule has 0 aromatic heterocycles. The quantitative estimate of drug-likeness (QED) is 0.842. The van der Waals surface area contributed by atoms with E-state index in [4.69, 9.17) is 17.3 Å². The highest BCUT2D eigenvalue weighted by atomic mass is 35.5. The minimum atomic E-state index is -3.47. The maximum absolute atomic E-state index is 12.3. The Hall–Kier alpha value is -0.620. The third kappa shape index (κ3) is 4.68. The molecule has 0 atom stereocenters. The van der Waals surface area contributed by atoms with Gasteiger partial charge in [-0.3, -0.25) is 0 Å². The normalized spacial score (nSPS) is 17.0. The fourth-order valence-electron chi connectivity index (χ4n) is 2.83. The molecule has 1 aliphatic rings. The monoisotopic (exact) mass is 330 g/mol. The lowest BCUT2D eigenvalue weighted by molar-refractivity contribution is 0.339. The van der Waals surface area contributed by atoms with Gasteiger partial charge >= 0.3 is 0 Å². The number of rotatable bonds is 6. The largest absolute Gasteiger partial charge is 0.326 e. The molecule has 0 saturated heterocycles. The van der Waals surface area contributed by atoms with Gasteiger partial charge in [-0.25, -0.2) is 13.1 Å². The first kappa shape index (κ1) is 16.7. The van der Waals surface area contributed by atoms with Crippen LogP contribution in [-0.2, 0) is 16.6 Å². The van der Waals surface area contributed by atoms with E-state index in [9.17, 15) is 8.42 Å². The van der Waals surface area contributed by atoms with Crippen molar-refractivity contribution in [3.8, 4) is 0 Å². The van der Waals surface area contributed by atoms with Crippen molar-refractivity contribution in [1.29, 1.82) is 0 Å². The van der Waals surface area contributed by atoms with Gasteiger partial charge in [0.05, 0.1) is 4.90 Å². The van der Waals surface area contributed by atoms with Crippen molar-refractivity contribution in [2.45, 2.75) is 50.0 Å². The van der Waals surface area contributed by atoms with Crippen LogP contribution in [0, 0.1) is 5.92 Å². The van der Waals surface area contributed by atoms with Crippen molar-refractivity contribution < 1.29 is 8.42 Å². The van der Waals surface area contributed by atoms with E-state index >= 15 is 0 Å². The summed E-state index contributed by atoms with van der Waals surface area (Å²) >= 11 is 5.96. The van der Waals surface area contributed by atoms with E-state index in [0.29, 0.717) is 23.0 Å². The lowest BCUT2D eigenvalue weighted by atomic mass is 9.87. The van der Waals surface area contributed by atoms with Crippen LogP contribution in [0.5, 0.6) is 0 Å². The maximum Gasteiger partial charge on any atom is 0.240 e. The molecule has 0 aliphatic heterocycles. The van der Waals surface area contributed by atoms with E-state index in [0.717, 1.165) is 6.42 Å². The summed E-state index contributed by atoms with van der Waals surface area (Å²) < 4.78 is 27.2. The number of nitrogens with one attached hydrogen (secondary N) is 1. The van der Waals surface area contributed by atoms with Crippen molar-refractivity contribution in [2.75, 3.05) is 6.54 Å². The van der Waals surface area contributed by atoms with Crippen LogP contribution in [-0.4, -0.2) is 15.0 Å². The molecular weight excluding hydrogens is 308 g/mol. The van der Waals surface area contributed by atoms with E-state index < -0.39 is 10.0 Å². The average Bonchev–Trinajstić information content (AvgIpc) is 2.48. The summed E-state index contributed by atoms with van der Waals surface area (Å²) in [5.41, 5.74) is 6.21. The molecule has 1 saturated carbocycles. The lowest BCUT2D eigenvalue weighted by Crippen LogP contribution is -2.26. The highest BCUT2D eigenvalue weighted by Gasteiger charge is 2.17. The SMILES string of the molecule is NCc1cc(S(=O)(=O)NCCC2CCCCC2)ccc1Cl. The van der Waals surface area contributed by atoms with Gasteiger partial charge in [0.15, 0.2) is 0 Å². The average molecular weight is 331 g/mol. The summed E-state index contributed by atoms with van der Waals surface area (Å²) in [6.45, 7) is 0.720. The standard InChI is InChI=1S/C15H23ClN2O2S/c16-15-7-6-14(10-13(15)11-17)21(19,20)18-9-8-12-4-2-1-3-5-12/h6-7,10,12,18H,1-5,8-9,11,17H2. The van der Waals surface area contributed by atoms with Gasteiger partial charge in [0.25, 0.3) is 0 Å². The van der Waals surface area contributed by atoms with Crippen LogP contribution >= 0.6 is 11.6 Å². The summed E-state index contributed by atoms with van der Waals surface area (Å²) in [6.07, 6.45) is 7.22. The summed E-state index contributed by atoms with van der Waals surface area (Å²) in [5.74, 6) is 0.659. The number of benzene rings is 1. The summed E-state index contributed by atoms with van der Waals surface area (Å²) in [7, 11) is -3.47. The Kier molecular flexibility index (Phi) is 6.05. The predicted octanol–water partition coefficient (Wildman–Crippen LogP) is 3.05. The Morgan fingerprint density at radius 1 is 1.24 bits per heavy atom. The third-order valence-electron chi connectivity index (χ3n) is 4.12. The Morgan fingerprint density at radius 3 is 2.62 bits per heavy atom. The zero-order valence-electron chi connectivity index (χ0n) is 12.1. The molecule has 1 aromatic rings. The molecule has 21 heavy (non-hydrogen) atoms. The van der Waals surface area contributed by atoms with Gasteiger partial charge in [-0.15, -0.1) is 0 Å². The second-order valence-corrected chi connectivity index (χ2v) is 7.82. The Bertz CT molecular complexity index is 569. The van der Waals surface area contributed by atoms with Crippen LogP contribution in [0.25, 0.3) is 0 Å². The molecule has 1 fully saturated rings. The molecule has 0 radical (unpaired) electrons. The molecule has 0 amide bonds. The smallest absolute Gasteiger partial charge is 0.240 e. The third-order valence-corrected chi connectivity index (χ3v) is 5.94. The minimum Gasteiger partial charge on any atom is -0.326 e. The van der Waals surface area contributed by atoms with Crippen molar-refractivity contribution >= 4 is 21.6 Å². The molecule has 118 valence electrons. The molecule has 4 nitrogen and oxygen atoms in total. The fourth-order valence-corrected chi connectivity index (χ4v) is 4.12.